The van der Waals surface area contributed by atoms with Crippen molar-refractivity contribution in [2.75, 3.05) is 11.9 Å². The van der Waals surface area contributed by atoms with Gasteiger partial charge in [0, 0.05) is 19.2 Å². The molecule has 0 spiro atoms. The van der Waals surface area contributed by atoms with E-state index in [1.807, 2.05) is 0 Å². The highest BCUT2D eigenvalue weighted by atomic mass is 19.3. The van der Waals surface area contributed by atoms with Crippen LogP contribution < -0.4 is 10.6 Å². The Morgan fingerprint density at radius 3 is 2.58 bits per heavy atom. The fraction of sp³-hybridized carbons (Fsp3) is 0.643. The Labute approximate surface area is 247 Å². The van der Waals surface area contributed by atoms with Gasteiger partial charge in [-0.25, -0.2) is 8.78 Å². The summed E-state index contributed by atoms with van der Waals surface area (Å²) >= 11 is 0. The van der Waals surface area contributed by atoms with Crippen LogP contribution in [0.1, 0.15) is 87.2 Å². The lowest BCUT2D eigenvalue weighted by atomic mass is 9.79. The highest BCUT2D eigenvalue weighted by Crippen LogP contribution is 2.34. The minimum atomic E-state index is -2.73. The number of hydrogen-bond donors (Lipinski definition) is 3. The average molecular weight is 606 g/mol. The van der Waals surface area contributed by atoms with Crippen molar-refractivity contribution in [3.63, 3.8) is 0 Å². The van der Waals surface area contributed by atoms with Crippen molar-refractivity contribution in [3.8, 4) is 0 Å². The van der Waals surface area contributed by atoms with Gasteiger partial charge in [0.05, 0.1) is 18.8 Å². The molecule has 0 bridgehead atoms. The molecule has 0 saturated heterocycles. The monoisotopic (exact) mass is 605 g/mol. The number of carbonyl (C=O) groups excluding carboxylic acids is 2. The summed E-state index contributed by atoms with van der Waals surface area (Å²) in [4.78, 5) is 27.0. The molecular formula is C28H38F3N9O3. The Morgan fingerprint density at radius 1 is 1.16 bits per heavy atom. The van der Waals surface area contributed by atoms with Crippen LogP contribution in [0.2, 0.25) is 0 Å². The molecule has 2 aliphatic carbocycles. The molecule has 0 unspecified atom stereocenters. The van der Waals surface area contributed by atoms with Crippen LogP contribution in [0.5, 0.6) is 0 Å². The van der Waals surface area contributed by atoms with Gasteiger partial charge in [-0.05, 0) is 56.4 Å². The first-order valence-electron chi connectivity index (χ1n) is 14.8. The second-order valence-corrected chi connectivity index (χ2v) is 11.9. The number of alkyl halides is 2. The summed E-state index contributed by atoms with van der Waals surface area (Å²) in [6.45, 7) is 4.17. The standard InChI is InChI=1S/C28H38F3N9O3/c1-16-3-7-19(8-4-16)24(35-27(42)21-9-10-33-40(21)17(2)14-41)28(43)34-20-13-39(37-25(20)31)22(11-23(29)30)26-36-32-15-38(26)12-18-5-6-18/h9-10,13,15-19,22-24,41H,3-8,11-12,14H2,1-2H3,(H,34,43)(H,35,42)/t16?,17-,19?,22-,24-/m0/s1. The number of amides is 2. The van der Waals surface area contributed by atoms with Gasteiger partial charge in [-0.15, -0.1) is 15.3 Å². The van der Waals surface area contributed by atoms with Crippen molar-refractivity contribution in [2.24, 2.45) is 17.8 Å². The fourth-order valence-corrected chi connectivity index (χ4v) is 5.72. The van der Waals surface area contributed by atoms with Crippen LogP contribution in [0.15, 0.2) is 24.8 Å². The van der Waals surface area contributed by atoms with E-state index in [2.05, 4.69) is 38.0 Å². The zero-order chi connectivity index (χ0) is 30.7. The second kappa shape index (κ2) is 13.3. The Kier molecular flexibility index (Phi) is 9.47. The lowest BCUT2D eigenvalue weighted by Gasteiger charge is -2.32. The number of anilines is 1. The normalized spacial score (nSPS) is 21.0. The van der Waals surface area contributed by atoms with Crippen molar-refractivity contribution in [1.82, 2.24) is 39.6 Å². The summed E-state index contributed by atoms with van der Waals surface area (Å²) in [5.41, 5.74) is -0.118. The quantitative estimate of drug-likeness (QED) is 0.270. The zero-order valence-electron chi connectivity index (χ0n) is 24.2. The maximum absolute atomic E-state index is 15.2. The number of aromatic nitrogens is 7. The van der Waals surface area contributed by atoms with E-state index in [1.54, 1.807) is 11.5 Å². The van der Waals surface area contributed by atoms with Gasteiger partial charge in [-0.2, -0.15) is 9.49 Å². The third-order valence-corrected chi connectivity index (χ3v) is 8.45. The molecule has 3 aromatic rings. The van der Waals surface area contributed by atoms with E-state index in [9.17, 15) is 23.5 Å². The number of rotatable bonds is 13. The van der Waals surface area contributed by atoms with Gasteiger partial charge in [0.15, 0.2) is 5.82 Å². The van der Waals surface area contributed by atoms with Crippen molar-refractivity contribution in [2.45, 2.75) is 89.9 Å². The van der Waals surface area contributed by atoms with E-state index in [4.69, 9.17) is 0 Å². The molecule has 0 aliphatic heterocycles. The predicted octanol–water partition coefficient (Wildman–Crippen LogP) is 3.58. The number of aliphatic hydroxyl groups excluding tert-OH is 1. The van der Waals surface area contributed by atoms with Crippen molar-refractivity contribution < 1.29 is 27.9 Å². The van der Waals surface area contributed by atoms with Gasteiger partial charge in [0.1, 0.15) is 29.8 Å². The Balaban J connectivity index is 1.37. The summed E-state index contributed by atoms with van der Waals surface area (Å²) in [7, 11) is 0. The van der Waals surface area contributed by atoms with Crippen LogP contribution in [0.25, 0.3) is 0 Å². The lowest BCUT2D eigenvalue weighted by molar-refractivity contribution is -0.119. The lowest BCUT2D eigenvalue weighted by Crippen LogP contribution is -2.49. The molecule has 2 aliphatic rings. The van der Waals surface area contributed by atoms with Crippen LogP contribution in [0.3, 0.4) is 0 Å². The maximum atomic E-state index is 15.2. The molecule has 2 fully saturated rings. The smallest absolute Gasteiger partial charge is 0.270 e. The molecule has 2 saturated carbocycles. The molecule has 0 radical (unpaired) electrons. The maximum Gasteiger partial charge on any atom is 0.270 e. The van der Waals surface area contributed by atoms with E-state index in [-0.39, 0.29) is 29.7 Å². The molecule has 234 valence electrons. The summed E-state index contributed by atoms with van der Waals surface area (Å²) in [5.74, 6) is -1.31. The molecule has 3 heterocycles. The number of nitrogens with one attached hydrogen (secondary N) is 2. The first-order chi connectivity index (χ1) is 20.6. The minimum Gasteiger partial charge on any atom is -0.394 e. The fourth-order valence-electron chi connectivity index (χ4n) is 5.72. The largest absolute Gasteiger partial charge is 0.394 e. The number of nitrogens with zero attached hydrogens (tertiary/aromatic N) is 7. The molecule has 3 aromatic heterocycles. The number of aliphatic hydroxyl groups is 1. The number of halogens is 3. The molecule has 5 rings (SSSR count). The summed E-state index contributed by atoms with van der Waals surface area (Å²) < 4.78 is 46.6. The number of hydrogen-bond acceptors (Lipinski definition) is 7. The van der Waals surface area contributed by atoms with Gasteiger partial charge in [-0.1, -0.05) is 19.8 Å². The molecule has 12 nitrogen and oxygen atoms in total. The zero-order valence-corrected chi connectivity index (χ0v) is 24.2. The van der Waals surface area contributed by atoms with Crippen molar-refractivity contribution >= 4 is 17.5 Å². The Bertz CT molecular complexity index is 1390. The molecule has 2 amide bonds. The first-order valence-corrected chi connectivity index (χ1v) is 14.8. The molecule has 3 N–H and O–H groups in total. The Morgan fingerprint density at radius 2 is 1.91 bits per heavy atom. The van der Waals surface area contributed by atoms with Gasteiger partial charge in [-0.3, -0.25) is 19.0 Å². The van der Waals surface area contributed by atoms with Gasteiger partial charge < -0.3 is 20.3 Å². The van der Waals surface area contributed by atoms with E-state index in [0.29, 0.717) is 31.2 Å². The van der Waals surface area contributed by atoms with E-state index >= 15 is 4.39 Å². The number of carbonyl (C=O) groups is 2. The average Bonchev–Trinajstić information content (AvgIpc) is 3.32. The predicted molar refractivity (Wildman–Crippen MR) is 149 cm³/mol. The van der Waals surface area contributed by atoms with Crippen LogP contribution >= 0.6 is 0 Å². The van der Waals surface area contributed by atoms with E-state index in [1.165, 1.54) is 29.5 Å². The Hall–Kier alpha value is -3.75. The highest BCUT2D eigenvalue weighted by Gasteiger charge is 2.35. The van der Waals surface area contributed by atoms with E-state index in [0.717, 1.165) is 30.4 Å². The molecule has 0 aromatic carbocycles. The van der Waals surface area contributed by atoms with Crippen LogP contribution in [-0.4, -0.2) is 70.3 Å². The van der Waals surface area contributed by atoms with Crippen molar-refractivity contribution in [3.05, 3.63) is 42.3 Å². The summed E-state index contributed by atoms with van der Waals surface area (Å²) in [6.07, 6.45) is 5.85. The summed E-state index contributed by atoms with van der Waals surface area (Å²) in [6, 6.07) is -1.08. The van der Waals surface area contributed by atoms with Gasteiger partial charge in [0.25, 0.3) is 11.9 Å². The molecular weight excluding hydrogens is 567 g/mol. The van der Waals surface area contributed by atoms with Gasteiger partial charge in [0.2, 0.25) is 12.3 Å². The van der Waals surface area contributed by atoms with Crippen LogP contribution in [0.4, 0.5) is 18.9 Å². The highest BCUT2D eigenvalue weighted by molar-refractivity contribution is 6.00. The second-order valence-electron chi connectivity index (χ2n) is 11.9. The minimum absolute atomic E-state index is 0.174. The van der Waals surface area contributed by atoms with Gasteiger partial charge >= 0.3 is 0 Å². The van der Waals surface area contributed by atoms with E-state index < -0.39 is 48.7 Å². The third-order valence-electron chi connectivity index (χ3n) is 8.45. The molecule has 3 atom stereocenters. The first kappa shape index (κ1) is 30.7. The van der Waals surface area contributed by atoms with Crippen LogP contribution in [-0.2, 0) is 11.3 Å². The third kappa shape index (κ3) is 7.25. The van der Waals surface area contributed by atoms with Crippen molar-refractivity contribution in [1.29, 1.82) is 0 Å². The van der Waals surface area contributed by atoms with Crippen LogP contribution in [0, 0.1) is 23.7 Å². The topological polar surface area (TPSA) is 145 Å². The molecule has 15 heteroatoms. The SMILES string of the molecule is CC1CCC([C@H](NC(=O)c2ccnn2[C@@H](C)CO)C(=O)Nc2cn([C@@H](CC(F)F)c3nncn3CC3CC3)nc2F)CC1. The molecule has 43 heavy (non-hydrogen) atoms. The summed E-state index contributed by atoms with van der Waals surface area (Å²) in [5, 5.41) is 30.8.